The van der Waals surface area contributed by atoms with E-state index in [1.165, 1.54) is 40.3 Å². The van der Waals surface area contributed by atoms with Crippen LogP contribution in [-0.4, -0.2) is 12.5 Å². The predicted molar refractivity (Wildman–Crippen MR) is 83.7 cm³/mol. The summed E-state index contributed by atoms with van der Waals surface area (Å²) in [6.45, 7) is 2.25. The first-order chi connectivity index (χ1) is 9.75. The fraction of sp³-hybridized carbons (Fsp3) is 0.278. The van der Waals surface area contributed by atoms with Gasteiger partial charge in [0.15, 0.2) is 0 Å². The molecule has 20 heavy (non-hydrogen) atoms. The van der Waals surface area contributed by atoms with Gasteiger partial charge >= 0.3 is 0 Å². The zero-order chi connectivity index (χ0) is 13.9. The van der Waals surface area contributed by atoms with Crippen molar-refractivity contribution in [3.63, 3.8) is 0 Å². The molecule has 0 heterocycles. The van der Waals surface area contributed by atoms with E-state index in [9.17, 15) is 4.79 Å². The van der Waals surface area contributed by atoms with Crippen molar-refractivity contribution < 1.29 is 4.79 Å². The second-order valence-corrected chi connectivity index (χ2v) is 5.33. The zero-order valence-corrected chi connectivity index (χ0v) is 11.8. The highest BCUT2D eigenvalue weighted by Gasteiger charge is 2.14. The van der Waals surface area contributed by atoms with E-state index in [0.717, 1.165) is 6.42 Å². The second-order valence-electron chi connectivity index (χ2n) is 5.33. The summed E-state index contributed by atoms with van der Waals surface area (Å²) < 4.78 is 0. The van der Waals surface area contributed by atoms with Crippen molar-refractivity contribution in [3.8, 4) is 0 Å². The lowest BCUT2D eigenvalue weighted by molar-refractivity contribution is -0.118. The Morgan fingerprint density at radius 1 is 1.20 bits per heavy atom. The largest absolute Gasteiger partial charge is 0.356 e. The molecule has 0 saturated carbocycles. The molecule has 0 spiro atoms. The molecule has 0 bridgehead atoms. The molecular weight excluding hydrogens is 246 g/mol. The van der Waals surface area contributed by atoms with E-state index < -0.39 is 0 Å². The summed E-state index contributed by atoms with van der Waals surface area (Å²) in [6, 6.07) is 11.1. The van der Waals surface area contributed by atoms with Crippen LogP contribution in [0.25, 0.3) is 16.8 Å². The molecule has 0 aliphatic heterocycles. The number of amides is 1. The second kappa shape index (κ2) is 5.49. The van der Waals surface area contributed by atoms with Crippen molar-refractivity contribution in [3.05, 3.63) is 53.1 Å². The Morgan fingerprint density at radius 3 is 2.80 bits per heavy atom. The summed E-state index contributed by atoms with van der Waals surface area (Å²) in [6.07, 6.45) is 7.51. The van der Waals surface area contributed by atoms with Crippen molar-refractivity contribution in [1.29, 1.82) is 0 Å². The summed E-state index contributed by atoms with van der Waals surface area (Å²) in [7, 11) is 0. The smallest absolute Gasteiger partial charge is 0.216 e. The fourth-order valence-corrected chi connectivity index (χ4v) is 2.96. The van der Waals surface area contributed by atoms with E-state index in [4.69, 9.17) is 0 Å². The van der Waals surface area contributed by atoms with Crippen LogP contribution in [0.1, 0.15) is 30.0 Å². The average Bonchev–Trinajstić information content (AvgIpc) is 2.86. The van der Waals surface area contributed by atoms with Gasteiger partial charge in [-0.1, -0.05) is 42.5 Å². The Kier molecular flexibility index (Phi) is 3.55. The molecule has 1 aliphatic rings. The lowest BCUT2D eigenvalue weighted by Crippen LogP contribution is -2.20. The number of aryl methyl sites for hydroxylation is 2. The third-order valence-electron chi connectivity index (χ3n) is 3.89. The molecular formula is C18H19NO. The van der Waals surface area contributed by atoms with E-state index in [2.05, 4.69) is 47.8 Å². The lowest BCUT2D eigenvalue weighted by Gasteiger charge is -2.05. The number of nitrogens with one attached hydrogen (secondary N) is 1. The maximum atomic E-state index is 10.8. The molecule has 2 heteroatoms. The number of hydrogen-bond donors (Lipinski definition) is 1. The van der Waals surface area contributed by atoms with Gasteiger partial charge in [-0.25, -0.2) is 0 Å². The van der Waals surface area contributed by atoms with Crippen LogP contribution in [0.3, 0.4) is 0 Å². The van der Waals surface area contributed by atoms with Gasteiger partial charge in [0.05, 0.1) is 0 Å². The maximum absolute atomic E-state index is 10.8. The van der Waals surface area contributed by atoms with Gasteiger partial charge in [0, 0.05) is 13.5 Å². The van der Waals surface area contributed by atoms with Crippen LogP contribution >= 0.6 is 0 Å². The van der Waals surface area contributed by atoms with E-state index in [-0.39, 0.29) is 5.91 Å². The SMILES string of the molecule is CC(=O)NCCC=Cc1ccc2c3c(cccc13)CC2. The highest BCUT2D eigenvalue weighted by Crippen LogP contribution is 2.33. The molecule has 102 valence electrons. The van der Waals surface area contributed by atoms with Gasteiger partial charge < -0.3 is 5.32 Å². The zero-order valence-electron chi connectivity index (χ0n) is 11.8. The summed E-state index contributed by atoms with van der Waals surface area (Å²) in [5.41, 5.74) is 4.23. The van der Waals surface area contributed by atoms with Crippen LogP contribution in [0, 0.1) is 0 Å². The summed E-state index contributed by atoms with van der Waals surface area (Å²) in [5.74, 6) is 0.0312. The Hall–Kier alpha value is -2.09. The van der Waals surface area contributed by atoms with E-state index >= 15 is 0 Å². The van der Waals surface area contributed by atoms with Gasteiger partial charge in [0.25, 0.3) is 0 Å². The topological polar surface area (TPSA) is 29.1 Å². The average molecular weight is 265 g/mol. The van der Waals surface area contributed by atoms with Crippen LogP contribution in [0.5, 0.6) is 0 Å². The molecule has 0 saturated heterocycles. The monoisotopic (exact) mass is 265 g/mol. The van der Waals surface area contributed by atoms with Crippen molar-refractivity contribution in [2.24, 2.45) is 0 Å². The van der Waals surface area contributed by atoms with Gasteiger partial charge in [-0.3, -0.25) is 4.79 Å². The molecule has 0 aromatic heterocycles. The summed E-state index contributed by atoms with van der Waals surface area (Å²) >= 11 is 0. The Bertz CT molecular complexity index is 675. The van der Waals surface area contributed by atoms with Crippen LogP contribution in [0.2, 0.25) is 0 Å². The molecule has 1 amide bonds. The number of carbonyl (C=O) groups is 1. The van der Waals surface area contributed by atoms with Gasteiger partial charge in [0.2, 0.25) is 5.91 Å². The normalized spacial score (nSPS) is 13.2. The third kappa shape index (κ3) is 2.46. The summed E-state index contributed by atoms with van der Waals surface area (Å²) in [4.78, 5) is 10.8. The van der Waals surface area contributed by atoms with Crippen molar-refractivity contribution >= 4 is 22.8 Å². The Labute approximate surface area is 119 Å². The van der Waals surface area contributed by atoms with E-state index in [0.29, 0.717) is 6.54 Å². The van der Waals surface area contributed by atoms with Gasteiger partial charge in [-0.05, 0) is 46.7 Å². The minimum Gasteiger partial charge on any atom is -0.356 e. The molecule has 1 aliphatic carbocycles. The first-order valence-corrected chi connectivity index (χ1v) is 7.20. The van der Waals surface area contributed by atoms with Gasteiger partial charge in [-0.15, -0.1) is 0 Å². The van der Waals surface area contributed by atoms with Crippen molar-refractivity contribution in [1.82, 2.24) is 5.32 Å². The highest BCUT2D eigenvalue weighted by molar-refractivity contribution is 5.96. The predicted octanol–water partition coefficient (Wildman–Crippen LogP) is 3.48. The van der Waals surface area contributed by atoms with Crippen LogP contribution in [0.15, 0.2) is 36.4 Å². The Balaban J connectivity index is 1.83. The Morgan fingerprint density at radius 2 is 2.00 bits per heavy atom. The molecule has 0 fully saturated rings. The number of carbonyl (C=O) groups excluding carboxylic acids is 1. The minimum absolute atomic E-state index is 0.0312. The maximum Gasteiger partial charge on any atom is 0.216 e. The number of benzene rings is 2. The van der Waals surface area contributed by atoms with Gasteiger partial charge in [0.1, 0.15) is 0 Å². The van der Waals surface area contributed by atoms with Crippen LogP contribution in [-0.2, 0) is 17.6 Å². The quantitative estimate of drug-likeness (QED) is 0.843. The van der Waals surface area contributed by atoms with E-state index in [1.807, 2.05) is 0 Å². The minimum atomic E-state index is 0.0312. The molecule has 2 nitrogen and oxygen atoms in total. The fourth-order valence-electron chi connectivity index (χ4n) is 2.96. The van der Waals surface area contributed by atoms with Crippen LogP contribution < -0.4 is 5.32 Å². The lowest BCUT2D eigenvalue weighted by atomic mass is 9.99. The third-order valence-corrected chi connectivity index (χ3v) is 3.89. The molecule has 0 radical (unpaired) electrons. The molecule has 1 N–H and O–H groups in total. The van der Waals surface area contributed by atoms with Crippen LogP contribution in [0.4, 0.5) is 0 Å². The standard InChI is InChI=1S/C18H19NO/c1-13(20)19-12-3-2-5-14-8-9-16-11-10-15-6-4-7-17(14)18(15)16/h2,4-9H,3,10-12H2,1H3,(H,19,20). The summed E-state index contributed by atoms with van der Waals surface area (Å²) in [5, 5.41) is 5.62. The molecule has 2 aromatic carbocycles. The van der Waals surface area contributed by atoms with Gasteiger partial charge in [-0.2, -0.15) is 0 Å². The number of rotatable bonds is 4. The number of hydrogen-bond acceptors (Lipinski definition) is 1. The molecule has 2 aromatic rings. The van der Waals surface area contributed by atoms with Crippen molar-refractivity contribution in [2.75, 3.05) is 6.54 Å². The first-order valence-electron chi connectivity index (χ1n) is 7.20. The van der Waals surface area contributed by atoms with Crippen molar-refractivity contribution in [2.45, 2.75) is 26.2 Å². The molecule has 3 rings (SSSR count). The molecule has 0 unspecified atom stereocenters. The van der Waals surface area contributed by atoms with E-state index in [1.54, 1.807) is 6.92 Å². The molecule has 0 atom stereocenters. The first kappa shape index (κ1) is 12.9. The highest BCUT2D eigenvalue weighted by atomic mass is 16.1.